The van der Waals surface area contributed by atoms with Gasteiger partial charge in [-0.1, -0.05) is 36.2 Å². The molecule has 1 aromatic rings. The summed E-state index contributed by atoms with van der Waals surface area (Å²) in [7, 11) is -4.12. The Kier molecular flexibility index (Phi) is 6.81. The molecule has 4 atom stereocenters. The Labute approximate surface area is 186 Å². The number of aliphatic carboxylic acids is 1. The van der Waals surface area contributed by atoms with E-state index in [9.17, 15) is 23.1 Å². The van der Waals surface area contributed by atoms with Gasteiger partial charge in [-0.05, 0) is 43.9 Å². The van der Waals surface area contributed by atoms with E-state index < -0.39 is 45.9 Å². The van der Waals surface area contributed by atoms with Gasteiger partial charge in [-0.15, -0.1) is 6.58 Å². The van der Waals surface area contributed by atoms with E-state index in [2.05, 4.69) is 6.58 Å². The van der Waals surface area contributed by atoms with E-state index in [1.807, 2.05) is 0 Å². The molecule has 0 aromatic heterocycles. The molecule has 2 bridgehead atoms. The van der Waals surface area contributed by atoms with Crippen molar-refractivity contribution < 1.29 is 23.1 Å². The molecular formula is C20H24Cl2N2O5S. The topological polar surface area (TPSA) is 95.0 Å². The summed E-state index contributed by atoms with van der Waals surface area (Å²) in [6.07, 6.45) is 3.36. The SMILES string of the molecule is C=C[C@@H]1CN(C(CC)C(=O)O)C(=O)[C@@H]2CCC[C@H]1N2S(=O)(=O)c1cc(Cl)cc(Cl)c1. The van der Waals surface area contributed by atoms with Gasteiger partial charge in [-0.3, -0.25) is 4.79 Å². The first-order chi connectivity index (χ1) is 14.1. The van der Waals surface area contributed by atoms with Gasteiger partial charge in [0.2, 0.25) is 15.9 Å². The smallest absolute Gasteiger partial charge is 0.326 e. The molecule has 1 aromatic carbocycles. The van der Waals surface area contributed by atoms with Crippen molar-refractivity contribution in [1.82, 2.24) is 9.21 Å². The zero-order valence-corrected chi connectivity index (χ0v) is 18.8. The van der Waals surface area contributed by atoms with E-state index in [-0.39, 0.29) is 27.9 Å². The van der Waals surface area contributed by atoms with Gasteiger partial charge < -0.3 is 10.0 Å². The summed E-state index contributed by atoms with van der Waals surface area (Å²) in [6, 6.07) is 1.53. The third-order valence-corrected chi connectivity index (χ3v) is 8.19. The van der Waals surface area contributed by atoms with Gasteiger partial charge in [0.1, 0.15) is 12.1 Å². The molecule has 0 spiro atoms. The average molecular weight is 475 g/mol. The number of sulfonamides is 1. The van der Waals surface area contributed by atoms with Crippen molar-refractivity contribution in [3.05, 3.63) is 40.9 Å². The number of carbonyl (C=O) groups excluding carboxylic acids is 1. The van der Waals surface area contributed by atoms with Gasteiger partial charge in [-0.2, -0.15) is 4.31 Å². The summed E-state index contributed by atoms with van der Waals surface area (Å²) in [5, 5.41) is 9.96. The van der Waals surface area contributed by atoms with Crippen molar-refractivity contribution in [3.8, 4) is 0 Å². The average Bonchev–Trinajstić information content (AvgIpc) is 2.75. The van der Waals surface area contributed by atoms with Gasteiger partial charge >= 0.3 is 5.97 Å². The number of carboxylic acid groups (broad SMARTS) is 1. The van der Waals surface area contributed by atoms with Crippen LogP contribution in [0.25, 0.3) is 0 Å². The highest BCUT2D eigenvalue weighted by atomic mass is 35.5. The van der Waals surface area contributed by atoms with E-state index in [0.29, 0.717) is 19.3 Å². The zero-order chi connectivity index (χ0) is 22.2. The van der Waals surface area contributed by atoms with E-state index in [1.54, 1.807) is 13.0 Å². The largest absolute Gasteiger partial charge is 0.480 e. The highest BCUT2D eigenvalue weighted by molar-refractivity contribution is 7.89. The quantitative estimate of drug-likeness (QED) is 0.637. The first kappa shape index (κ1) is 23.1. The molecule has 0 radical (unpaired) electrons. The number of fused-ring (bicyclic) bond motifs is 2. The second-order valence-electron chi connectivity index (χ2n) is 7.61. The van der Waals surface area contributed by atoms with E-state index in [0.717, 1.165) is 0 Å². The van der Waals surface area contributed by atoms with Crippen LogP contribution in [0.2, 0.25) is 10.0 Å². The van der Waals surface area contributed by atoms with Gasteiger partial charge in [0.25, 0.3) is 0 Å². The maximum absolute atomic E-state index is 13.6. The fraction of sp³-hybridized carbons (Fsp3) is 0.500. The molecule has 164 valence electrons. The maximum Gasteiger partial charge on any atom is 0.326 e. The van der Waals surface area contributed by atoms with E-state index >= 15 is 0 Å². The van der Waals surface area contributed by atoms with Crippen LogP contribution in [0.5, 0.6) is 0 Å². The second-order valence-corrected chi connectivity index (χ2v) is 10.3. The molecule has 2 fully saturated rings. The third kappa shape index (κ3) is 4.10. The minimum Gasteiger partial charge on any atom is -0.480 e. The van der Waals surface area contributed by atoms with Crippen molar-refractivity contribution in [3.63, 3.8) is 0 Å². The molecule has 1 N–H and O–H groups in total. The zero-order valence-electron chi connectivity index (χ0n) is 16.5. The minimum absolute atomic E-state index is 0.0914. The summed E-state index contributed by atoms with van der Waals surface area (Å²) in [5.41, 5.74) is 0. The third-order valence-electron chi connectivity index (χ3n) is 5.84. The molecule has 3 rings (SSSR count). The van der Waals surface area contributed by atoms with Gasteiger partial charge in [0.15, 0.2) is 0 Å². The number of piperidine rings is 1. The van der Waals surface area contributed by atoms with Crippen molar-refractivity contribution in [1.29, 1.82) is 0 Å². The van der Waals surface area contributed by atoms with Crippen molar-refractivity contribution in [2.75, 3.05) is 6.54 Å². The number of hydrogen-bond acceptors (Lipinski definition) is 4. The lowest BCUT2D eigenvalue weighted by Gasteiger charge is -2.40. The van der Waals surface area contributed by atoms with Crippen LogP contribution < -0.4 is 0 Å². The Morgan fingerprint density at radius 3 is 2.47 bits per heavy atom. The lowest BCUT2D eigenvalue weighted by Crippen LogP contribution is -2.55. The molecule has 2 saturated heterocycles. The fourth-order valence-electron chi connectivity index (χ4n) is 4.46. The van der Waals surface area contributed by atoms with Gasteiger partial charge in [0, 0.05) is 28.5 Å². The summed E-state index contributed by atoms with van der Waals surface area (Å²) in [6.45, 7) is 5.63. The molecule has 2 heterocycles. The summed E-state index contributed by atoms with van der Waals surface area (Å²) >= 11 is 12.1. The summed E-state index contributed by atoms with van der Waals surface area (Å²) < 4.78 is 28.5. The molecule has 30 heavy (non-hydrogen) atoms. The standard InChI is InChI=1S/C20H24Cl2N2O5S/c1-3-12-11-23(16(4-2)20(26)27)19(25)18-7-5-6-17(12)24(18)30(28,29)15-9-13(21)8-14(22)10-15/h3,8-10,12,16-18H,1,4-7,11H2,2H3,(H,26,27)/t12-,16?,17-,18+/m1/s1. The molecule has 1 amide bonds. The lowest BCUT2D eigenvalue weighted by molar-refractivity contribution is -0.151. The molecular weight excluding hydrogens is 451 g/mol. The van der Waals surface area contributed by atoms with Crippen LogP contribution in [0.15, 0.2) is 35.7 Å². The lowest BCUT2D eigenvalue weighted by atomic mass is 9.90. The molecule has 1 unspecified atom stereocenters. The van der Waals surface area contributed by atoms with Crippen molar-refractivity contribution in [2.24, 2.45) is 5.92 Å². The van der Waals surface area contributed by atoms with Crippen LogP contribution >= 0.6 is 23.2 Å². The second kappa shape index (κ2) is 8.86. The molecule has 0 aliphatic carbocycles. The molecule has 0 saturated carbocycles. The number of amides is 1. The number of carbonyl (C=O) groups is 2. The number of nitrogens with zero attached hydrogens (tertiary/aromatic N) is 2. The van der Waals surface area contributed by atoms with Gasteiger partial charge in [-0.25, -0.2) is 13.2 Å². The van der Waals surface area contributed by atoms with Crippen molar-refractivity contribution >= 4 is 45.1 Å². The van der Waals surface area contributed by atoms with Crippen LogP contribution in [0, 0.1) is 5.92 Å². The first-order valence-corrected chi connectivity index (χ1v) is 12.0. The number of benzene rings is 1. The van der Waals surface area contributed by atoms with Crippen LogP contribution in [0.4, 0.5) is 0 Å². The van der Waals surface area contributed by atoms with E-state index in [1.165, 1.54) is 27.4 Å². The Bertz CT molecular complexity index is 948. The van der Waals surface area contributed by atoms with Crippen molar-refractivity contribution in [2.45, 2.75) is 55.6 Å². The van der Waals surface area contributed by atoms with Gasteiger partial charge in [0.05, 0.1) is 4.90 Å². The van der Waals surface area contributed by atoms with Crippen LogP contribution in [0.1, 0.15) is 32.6 Å². The summed E-state index contributed by atoms with van der Waals surface area (Å²) in [4.78, 5) is 26.4. The summed E-state index contributed by atoms with van der Waals surface area (Å²) in [5.74, 6) is -2.01. The number of rotatable bonds is 6. The van der Waals surface area contributed by atoms with Crippen LogP contribution in [0.3, 0.4) is 0 Å². The molecule has 10 heteroatoms. The Balaban J connectivity index is 2.14. The molecule has 7 nitrogen and oxygen atoms in total. The fourth-order valence-corrected chi connectivity index (χ4v) is 7.06. The monoisotopic (exact) mass is 474 g/mol. The highest BCUT2D eigenvalue weighted by Gasteiger charge is 2.51. The Morgan fingerprint density at radius 1 is 1.30 bits per heavy atom. The number of hydrogen-bond donors (Lipinski definition) is 1. The minimum atomic E-state index is -4.12. The number of halogens is 2. The first-order valence-electron chi connectivity index (χ1n) is 9.77. The molecule has 2 aliphatic rings. The maximum atomic E-state index is 13.6. The Hall–Kier alpha value is -1.61. The number of carboxylic acids is 1. The highest BCUT2D eigenvalue weighted by Crippen LogP contribution is 2.39. The predicted octanol–water partition coefficient (Wildman–Crippen LogP) is 3.41. The molecule has 2 aliphatic heterocycles. The Morgan fingerprint density at radius 2 is 1.93 bits per heavy atom. The van der Waals surface area contributed by atoms with E-state index in [4.69, 9.17) is 23.2 Å². The van der Waals surface area contributed by atoms with Crippen LogP contribution in [-0.4, -0.2) is 59.3 Å². The predicted molar refractivity (Wildman–Crippen MR) is 114 cm³/mol. The van der Waals surface area contributed by atoms with Crippen LogP contribution in [-0.2, 0) is 19.6 Å². The normalized spacial score (nSPS) is 26.2.